The molecule has 0 amide bonds. The van der Waals surface area contributed by atoms with E-state index in [9.17, 15) is 4.79 Å². The Morgan fingerprint density at radius 3 is 3.10 bits per heavy atom. The van der Waals surface area contributed by atoms with Crippen LogP contribution in [0.2, 0.25) is 0 Å². The van der Waals surface area contributed by atoms with Crippen molar-refractivity contribution >= 4 is 27.8 Å². The van der Waals surface area contributed by atoms with Crippen LogP contribution >= 0.6 is 11.3 Å². The SMILES string of the molecule is CCOC(=O)c1nc(-c2cnc(/C=C(/C)[CH]=[W])[n-]2)cs1. The number of rotatable bonds is 5. The van der Waals surface area contributed by atoms with Gasteiger partial charge in [-0.3, -0.25) is 0 Å². The molecule has 0 aromatic carbocycles. The van der Waals surface area contributed by atoms with Crippen LogP contribution in [0.15, 0.2) is 17.2 Å². The molecule has 0 aliphatic heterocycles. The first-order valence-corrected chi connectivity index (χ1v) is 8.47. The first kappa shape index (κ1) is 15.0. The summed E-state index contributed by atoms with van der Waals surface area (Å²) in [6.45, 7) is 4.11. The summed E-state index contributed by atoms with van der Waals surface area (Å²) in [5.74, 6) is 0.253. The molecule has 0 spiro atoms. The van der Waals surface area contributed by atoms with Gasteiger partial charge in [0.05, 0.1) is 0 Å². The second-order valence-corrected chi connectivity index (χ2v) is 5.58. The zero-order valence-corrected chi connectivity index (χ0v) is 14.7. The molecule has 2 aromatic rings. The summed E-state index contributed by atoms with van der Waals surface area (Å²) in [6, 6.07) is 0. The number of carbonyl (C=O) groups excluding carboxylic acids is 1. The van der Waals surface area contributed by atoms with Crippen molar-refractivity contribution in [1.29, 1.82) is 0 Å². The van der Waals surface area contributed by atoms with E-state index in [1.54, 1.807) is 18.5 Å². The maximum absolute atomic E-state index is 11.6. The van der Waals surface area contributed by atoms with Crippen molar-refractivity contribution < 1.29 is 28.9 Å². The fourth-order valence-electron chi connectivity index (χ4n) is 1.42. The van der Waals surface area contributed by atoms with Crippen LogP contribution in [0.3, 0.4) is 0 Å². The van der Waals surface area contributed by atoms with Crippen molar-refractivity contribution in [1.82, 2.24) is 15.0 Å². The molecule has 0 fully saturated rings. The number of allylic oxidation sites excluding steroid dienone is 1. The molecule has 0 saturated carbocycles. The Kier molecular flexibility index (Phi) is 5.15. The van der Waals surface area contributed by atoms with Gasteiger partial charge in [-0.25, -0.2) is 0 Å². The Morgan fingerprint density at radius 2 is 2.40 bits per heavy atom. The van der Waals surface area contributed by atoms with Crippen molar-refractivity contribution in [3.05, 3.63) is 28.0 Å². The topological polar surface area (TPSA) is 66.2 Å². The Bertz CT molecular complexity index is 660. The molecule has 0 bridgehead atoms. The molecule has 0 aliphatic carbocycles. The Labute approximate surface area is 131 Å². The van der Waals surface area contributed by atoms with Crippen molar-refractivity contribution in [2.24, 2.45) is 0 Å². The second-order valence-electron chi connectivity index (χ2n) is 3.88. The fourth-order valence-corrected chi connectivity index (χ4v) is 2.36. The standard InChI is InChI=1S/C13H12N3O2S.W/c1-4-18-13(17)12-16-10(7-19-12)9-6-14-11(15-9)5-8(2)3;/h2,5-7H,4H2,1,3H3;/q-1;/b8-5+;. The summed E-state index contributed by atoms with van der Waals surface area (Å²) in [5, 5.41) is 2.12. The number of carbonyl (C=O) groups is 1. The Hall–Kier alpha value is -1.39. The average Bonchev–Trinajstić information content (AvgIpc) is 3.07. The van der Waals surface area contributed by atoms with Gasteiger partial charge in [0.15, 0.2) is 0 Å². The zero-order valence-electron chi connectivity index (χ0n) is 11.0. The third kappa shape index (κ3) is 3.58. The predicted molar refractivity (Wildman–Crippen MR) is 74.3 cm³/mol. The van der Waals surface area contributed by atoms with Gasteiger partial charge in [-0.2, -0.15) is 0 Å². The first-order valence-electron chi connectivity index (χ1n) is 5.90. The molecule has 104 valence electrons. The third-order valence-corrected chi connectivity index (χ3v) is 4.47. The number of hydrogen-bond acceptors (Lipinski definition) is 5. The van der Waals surface area contributed by atoms with E-state index in [1.807, 2.05) is 13.0 Å². The van der Waals surface area contributed by atoms with Crippen LogP contribution in [0.25, 0.3) is 17.5 Å². The molecule has 2 aromatic heterocycles. The number of esters is 1. The van der Waals surface area contributed by atoms with E-state index in [1.165, 1.54) is 30.7 Å². The van der Waals surface area contributed by atoms with Crippen LogP contribution in [0.1, 0.15) is 29.5 Å². The van der Waals surface area contributed by atoms with E-state index >= 15 is 0 Å². The second kappa shape index (κ2) is 6.86. The molecular formula is C13H12N3O2SW-. The van der Waals surface area contributed by atoms with Crippen molar-refractivity contribution in [2.45, 2.75) is 13.8 Å². The number of nitrogens with zero attached hydrogens (tertiary/aromatic N) is 3. The van der Waals surface area contributed by atoms with Crippen LogP contribution in [0, 0.1) is 0 Å². The third-order valence-electron chi connectivity index (χ3n) is 2.31. The number of hydrogen-bond donors (Lipinski definition) is 0. The molecule has 7 heteroatoms. The van der Waals surface area contributed by atoms with E-state index in [0.717, 1.165) is 5.57 Å². The Morgan fingerprint density at radius 1 is 1.60 bits per heavy atom. The fraction of sp³-hybridized carbons (Fsp3) is 0.231. The normalized spacial score (nSPS) is 11.4. The van der Waals surface area contributed by atoms with Crippen LogP contribution < -0.4 is 4.98 Å². The molecule has 0 atom stereocenters. The Balaban J connectivity index is 2.21. The summed E-state index contributed by atoms with van der Waals surface area (Å²) in [4.78, 5) is 24.4. The quantitative estimate of drug-likeness (QED) is 0.643. The minimum absolute atomic E-state index is 0.337. The maximum atomic E-state index is 11.6. The van der Waals surface area contributed by atoms with Gasteiger partial charge in [-0.1, -0.05) is 0 Å². The molecule has 0 saturated heterocycles. The van der Waals surface area contributed by atoms with E-state index in [0.29, 0.717) is 28.8 Å². The van der Waals surface area contributed by atoms with E-state index in [4.69, 9.17) is 4.74 Å². The molecule has 5 nitrogen and oxygen atoms in total. The number of imidazole rings is 1. The molecule has 0 radical (unpaired) electrons. The van der Waals surface area contributed by atoms with Gasteiger partial charge in [0.2, 0.25) is 0 Å². The van der Waals surface area contributed by atoms with Crippen LogP contribution in [-0.2, 0) is 24.1 Å². The zero-order chi connectivity index (χ0) is 14.5. The van der Waals surface area contributed by atoms with Gasteiger partial charge in [0, 0.05) is 0 Å². The van der Waals surface area contributed by atoms with Gasteiger partial charge >= 0.3 is 125 Å². The molecule has 2 rings (SSSR count). The van der Waals surface area contributed by atoms with E-state index in [2.05, 4.69) is 19.4 Å². The molecular weight excluding hydrogens is 446 g/mol. The van der Waals surface area contributed by atoms with Gasteiger partial charge in [-0.15, -0.1) is 0 Å². The van der Waals surface area contributed by atoms with Crippen molar-refractivity contribution in [3.8, 4) is 11.4 Å². The molecule has 0 unspecified atom stereocenters. The van der Waals surface area contributed by atoms with E-state index < -0.39 is 5.97 Å². The summed E-state index contributed by atoms with van der Waals surface area (Å²) in [5.41, 5.74) is 2.44. The van der Waals surface area contributed by atoms with Gasteiger partial charge < -0.3 is 0 Å². The van der Waals surface area contributed by atoms with Gasteiger partial charge in [0.25, 0.3) is 0 Å². The summed E-state index contributed by atoms with van der Waals surface area (Å²) in [6.07, 6.45) is 3.57. The summed E-state index contributed by atoms with van der Waals surface area (Å²) >= 11 is 2.64. The summed E-state index contributed by atoms with van der Waals surface area (Å²) < 4.78 is 6.98. The molecule has 0 N–H and O–H groups in total. The van der Waals surface area contributed by atoms with Gasteiger partial charge in [-0.05, 0) is 6.92 Å². The molecule has 0 aliphatic rings. The van der Waals surface area contributed by atoms with Crippen LogP contribution in [0.5, 0.6) is 0 Å². The predicted octanol–water partition coefficient (Wildman–Crippen LogP) is 2.09. The van der Waals surface area contributed by atoms with Crippen LogP contribution in [0.4, 0.5) is 0 Å². The summed E-state index contributed by atoms with van der Waals surface area (Å²) in [7, 11) is 0. The van der Waals surface area contributed by atoms with Gasteiger partial charge in [0.1, 0.15) is 0 Å². The van der Waals surface area contributed by atoms with E-state index in [-0.39, 0.29) is 0 Å². The molecule has 2 heterocycles. The number of aromatic nitrogens is 3. The average molecular weight is 458 g/mol. The minimum atomic E-state index is -0.400. The monoisotopic (exact) mass is 458 g/mol. The first-order chi connectivity index (χ1) is 9.63. The molecule has 20 heavy (non-hydrogen) atoms. The van der Waals surface area contributed by atoms with Crippen molar-refractivity contribution in [2.75, 3.05) is 6.61 Å². The number of ether oxygens (including phenoxy) is 1. The van der Waals surface area contributed by atoms with Crippen molar-refractivity contribution in [3.63, 3.8) is 0 Å². The number of thiazole rings is 1. The van der Waals surface area contributed by atoms with Crippen LogP contribution in [-0.4, -0.2) is 26.9 Å².